The minimum Gasteiger partial charge on any atom is -0.493 e. The van der Waals surface area contributed by atoms with Gasteiger partial charge in [0.15, 0.2) is 12.4 Å². The van der Waals surface area contributed by atoms with E-state index in [0.717, 1.165) is 24.9 Å². The maximum Gasteiger partial charge on any atom is 0.363 e. The number of ether oxygens (including phenoxy) is 2. The van der Waals surface area contributed by atoms with Gasteiger partial charge in [-0.2, -0.15) is 5.10 Å². The van der Waals surface area contributed by atoms with Crippen LogP contribution in [0.15, 0.2) is 36.5 Å². The van der Waals surface area contributed by atoms with Crippen LogP contribution in [0.3, 0.4) is 0 Å². The number of piperidine rings is 1. The summed E-state index contributed by atoms with van der Waals surface area (Å²) in [6.45, 7) is 2.44. The van der Waals surface area contributed by atoms with Crippen molar-refractivity contribution in [2.45, 2.75) is 32.2 Å². The third-order valence-electron chi connectivity index (χ3n) is 4.56. The molecule has 0 bridgehead atoms. The van der Waals surface area contributed by atoms with Crippen LogP contribution in [-0.2, 0) is 9.53 Å². The van der Waals surface area contributed by atoms with Gasteiger partial charge < -0.3 is 14.4 Å². The summed E-state index contributed by atoms with van der Waals surface area (Å²) < 4.78 is 12.0. The molecular formula is C19H23N3O4. The number of likely N-dealkylation sites (tertiary alicyclic amines) is 1. The highest BCUT2D eigenvalue weighted by Crippen LogP contribution is 2.21. The quantitative estimate of drug-likeness (QED) is 0.769. The van der Waals surface area contributed by atoms with Crippen LogP contribution in [-0.4, -0.2) is 52.9 Å². The molecule has 0 N–H and O–H groups in total. The van der Waals surface area contributed by atoms with Gasteiger partial charge in [0.05, 0.1) is 19.0 Å². The highest BCUT2D eigenvalue weighted by atomic mass is 16.5. The summed E-state index contributed by atoms with van der Waals surface area (Å²) in [6.07, 6.45) is 4.70. The Bertz CT molecular complexity index is 772. The Hall–Kier alpha value is -2.83. The predicted molar refractivity (Wildman–Crippen MR) is 95.4 cm³/mol. The molecule has 7 nitrogen and oxygen atoms in total. The van der Waals surface area contributed by atoms with Crippen LogP contribution in [0.5, 0.6) is 5.75 Å². The summed E-state index contributed by atoms with van der Waals surface area (Å²) in [5.74, 6) is -0.542. The molecule has 0 spiro atoms. The minimum absolute atomic E-state index is 0.0517. The van der Waals surface area contributed by atoms with Gasteiger partial charge in [0.2, 0.25) is 5.69 Å². The first kappa shape index (κ1) is 18.0. The molecule has 1 amide bonds. The molecule has 138 valence electrons. The number of carbonyl (C=O) groups is 2. The zero-order valence-electron chi connectivity index (χ0n) is 15.1. The van der Waals surface area contributed by atoms with Gasteiger partial charge in [-0.05, 0) is 38.3 Å². The lowest BCUT2D eigenvalue weighted by molar-refractivity contribution is -0.137. The van der Waals surface area contributed by atoms with Crippen molar-refractivity contribution in [3.63, 3.8) is 0 Å². The van der Waals surface area contributed by atoms with Gasteiger partial charge in [-0.3, -0.25) is 4.79 Å². The Morgan fingerprint density at radius 2 is 2.00 bits per heavy atom. The predicted octanol–water partition coefficient (Wildman–Crippen LogP) is 2.44. The van der Waals surface area contributed by atoms with Crippen LogP contribution in [0.2, 0.25) is 0 Å². The highest BCUT2D eigenvalue weighted by molar-refractivity contribution is 5.92. The number of nitrogens with zero attached hydrogens (tertiary/aromatic N) is 3. The molecule has 1 atom stereocenters. The van der Waals surface area contributed by atoms with Crippen molar-refractivity contribution in [1.29, 1.82) is 0 Å². The van der Waals surface area contributed by atoms with Gasteiger partial charge in [-0.1, -0.05) is 18.2 Å². The van der Waals surface area contributed by atoms with Crippen molar-refractivity contribution in [3.8, 4) is 11.4 Å². The fourth-order valence-corrected chi connectivity index (χ4v) is 3.11. The first-order valence-electron chi connectivity index (χ1n) is 8.76. The van der Waals surface area contributed by atoms with Crippen LogP contribution in [0.25, 0.3) is 5.69 Å². The molecular weight excluding hydrogens is 334 g/mol. The summed E-state index contributed by atoms with van der Waals surface area (Å²) in [7, 11) is 1.46. The SMILES string of the molecule is COc1cn(-c2ccccc2)nc1C(=O)OCC(=O)N1CCCC[C@H]1C. The second-order valence-corrected chi connectivity index (χ2v) is 6.33. The van der Waals surface area contributed by atoms with E-state index in [2.05, 4.69) is 5.10 Å². The van der Waals surface area contributed by atoms with Crippen molar-refractivity contribution in [3.05, 3.63) is 42.2 Å². The van der Waals surface area contributed by atoms with Crippen LogP contribution < -0.4 is 4.74 Å². The summed E-state index contributed by atoms with van der Waals surface area (Å²) in [6, 6.07) is 9.56. The first-order chi connectivity index (χ1) is 12.6. The topological polar surface area (TPSA) is 73.7 Å². The van der Waals surface area contributed by atoms with E-state index in [0.29, 0.717) is 12.3 Å². The molecule has 0 aliphatic carbocycles. The van der Waals surface area contributed by atoms with Crippen LogP contribution in [0.1, 0.15) is 36.7 Å². The summed E-state index contributed by atoms with van der Waals surface area (Å²) in [4.78, 5) is 26.5. The van der Waals surface area contributed by atoms with Crippen LogP contribution in [0.4, 0.5) is 0 Å². The lowest BCUT2D eigenvalue weighted by Gasteiger charge is -2.33. The molecule has 26 heavy (non-hydrogen) atoms. The van der Waals surface area contributed by atoms with Gasteiger partial charge in [0.1, 0.15) is 0 Å². The summed E-state index contributed by atoms with van der Waals surface area (Å²) in [5.41, 5.74) is 0.846. The van der Waals surface area contributed by atoms with Crippen molar-refractivity contribution < 1.29 is 19.1 Å². The van der Waals surface area contributed by atoms with Crippen molar-refractivity contribution in [2.24, 2.45) is 0 Å². The number of hydrogen-bond acceptors (Lipinski definition) is 5. The lowest BCUT2D eigenvalue weighted by Crippen LogP contribution is -2.44. The van der Waals surface area contributed by atoms with E-state index in [-0.39, 0.29) is 24.2 Å². The number of amides is 1. The fourth-order valence-electron chi connectivity index (χ4n) is 3.11. The van der Waals surface area contributed by atoms with Gasteiger partial charge in [0.25, 0.3) is 5.91 Å². The zero-order valence-corrected chi connectivity index (χ0v) is 15.1. The Morgan fingerprint density at radius 3 is 2.69 bits per heavy atom. The zero-order chi connectivity index (χ0) is 18.5. The van der Waals surface area contributed by atoms with Gasteiger partial charge >= 0.3 is 5.97 Å². The molecule has 1 saturated heterocycles. The number of esters is 1. The Kier molecular flexibility index (Phi) is 5.55. The third-order valence-corrected chi connectivity index (χ3v) is 4.56. The molecule has 0 saturated carbocycles. The van der Waals surface area contributed by atoms with Gasteiger partial charge in [0, 0.05) is 12.6 Å². The Labute approximate surface area is 152 Å². The van der Waals surface area contributed by atoms with Crippen molar-refractivity contribution >= 4 is 11.9 Å². The number of para-hydroxylation sites is 1. The number of carbonyl (C=O) groups excluding carboxylic acids is 2. The fraction of sp³-hybridized carbons (Fsp3) is 0.421. The van der Waals surface area contributed by atoms with E-state index in [9.17, 15) is 9.59 Å². The smallest absolute Gasteiger partial charge is 0.363 e. The average molecular weight is 357 g/mol. The molecule has 2 aromatic rings. The second-order valence-electron chi connectivity index (χ2n) is 6.33. The van der Waals surface area contributed by atoms with Crippen LogP contribution >= 0.6 is 0 Å². The first-order valence-corrected chi connectivity index (χ1v) is 8.76. The van der Waals surface area contributed by atoms with E-state index in [1.807, 2.05) is 37.3 Å². The normalized spacial score (nSPS) is 17.0. The summed E-state index contributed by atoms with van der Waals surface area (Å²) in [5, 5.41) is 4.25. The molecule has 1 aromatic heterocycles. The van der Waals surface area contributed by atoms with E-state index in [1.165, 1.54) is 7.11 Å². The minimum atomic E-state index is -0.672. The third kappa shape index (κ3) is 3.87. The van der Waals surface area contributed by atoms with Gasteiger partial charge in [-0.15, -0.1) is 0 Å². The average Bonchev–Trinajstić information content (AvgIpc) is 3.11. The van der Waals surface area contributed by atoms with E-state index in [1.54, 1.807) is 15.8 Å². The molecule has 1 fully saturated rings. The molecule has 1 aliphatic heterocycles. The monoisotopic (exact) mass is 357 g/mol. The lowest BCUT2D eigenvalue weighted by atomic mass is 10.0. The standard InChI is InChI=1S/C19H23N3O4/c1-14-8-6-7-11-21(14)17(23)13-26-19(24)18-16(25-2)12-22(20-18)15-9-4-3-5-10-15/h3-5,9-10,12,14H,6-8,11,13H2,1-2H3/t14-/m1/s1. The molecule has 0 radical (unpaired) electrons. The second kappa shape index (κ2) is 8.03. The van der Waals surface area contributed by atoms with Crippen molar-refractivity contribution in [2.75, 3.05) is 20.3 Å². The largest absolute Gasteiger partial charge is 0.493 e. The maximum atomic E-state index is 12.4. The van der Waals surface area contributed by atoms with E-state index in [4.69, 9.17) is 9.47 Å². The molecule has 3 rings (SSSR count). The number of benzene rings is 1. The molecule has 7 heteroatoms. The molecule has 1 aromatic carbocycles. The summed E-state index contributed by atoms with van der Waals surface area (Å²) >= 11 is 0. The molecule has 1 aliphatic rings. The number of rotatable bonds is 5. The Balaban J connectivity index is 1.67. The number of methoxy groups -OCH3 is 1. The van der Waals surface area contributed by atoms with Crippen LogP contribution in [0, 0.1) is 0 Å². The number of aromatic nitrogens is 2. The number of hydrogen-bond donors (Lipinski definition) is 0. The molecule has 2 heterocycles. The van der Waals surface area contributed by atoms with E-state index < -0.39 is 5.97 Å². The van der Waals surface area contributed by atoms with Crippen molar-refractivity contribution in [1.82, 2.24) is 14.7 Å². The molecule has 0 unspecified atom stereocenters. The van der Waals surface area contributed by atoms with E-state index >= 15 is 0 Å². The highest BCUT2D eigenvalue weighted by Gasteiger charge is 2.26. The van der Waals surface area contributed by atoms with Gasteiger partial charge in [-0.25, -0.2) is 9.48 Å². The Morgan fingerprint density at radius 1 is 1.23 bits per heavy atom. The maximum absolute atomic E-state index is 12.4.